The largest absolute Gasteiger partial charge is 0.481 e. The van der Waals surface area contributed by atoms with Gasteiger partial charge in [0.1, 0.15) is 0 Å². The maximum Gasteiger partial charge on any atom is 0.305 e. The Morgan fingerprint density at radius 2 is 1.78 bits per heavy atom. The van der Waals surface area contributed by atoms with Crippen molar-refractivity contribution in [1.82, 2.24) is 10.3 Å². The number of halogens is 1. The maximum atomic E-state index is 12.3. The molecule has 0 atom stereocenters. The molecule has 0 radical (unpaired) electrons. The molecule has 0 unspecified atom stereocenters. The number of anilines is 2. The Balaban J connectivity index is 1.58. The van der Waals surface area contributed by atoms with Crippen molar-refractivity contribution in [3.8, 4) is 11.3 Å². The fourth-order valence-corrected chi connectivity index (χ4v) is 4.85. The third-order valence-corrected chi connectivity index (χ3v) is 6.99. The Morgan fingerprint density at radius 3 is 2.43 bits per heavy atom. The van der Waals surface area contributed by atoms with Crippen LogP contribution in [0.15, 0.2) is 78.2 Å². The number of nitrogens with zero attached hydrogens (tertiary/aromatic N) is 2. The molecule has 0 aliphatic carbocycles. The molecular weight excluding hydrogens is 506 g/mol. The molecule has 4 rings (SSSR count). The van der Waals surface area contributed by atoms with Crippen LogP contribution in [0, 0.1) is 0 Å². The van der Waals surface area contributed by atoms with Crippen LogP contribution < -0.4 is 10.2 Å². The molecule has 0 bridgehead atoms. The number of nitrogens with one attached hydrogen (secondary N) is 1. The van der Waals surface area contributed by atoms with Crippen LogP contribution in [-0.4, -0.2) is 28.5 Å². The summed E-state index contributed by atoms with van der Waals surface area (Å²) in [5.41, 5.74) is 5.60. The van der Waals surface area contributed by atoms with E-state index in [9.17, 15) is 9.59 Å². The van der Waals surface area contributed by atoms with Crippen molar-refractivity contribution in [2.24, 2.45) is 0 Å². The van der Waals surface area contributed by atoms with Crippen LogP contribution >= 0.6 is 22.9 Å². The molecule has 0 aliphatic rings. The van der Waals surface area contributed by atoms with Crippen molar-refractivity contribution in [2.75, 3.05) is 11.4 Å². The van der Waals surface area contributed by atoms with E-state index < -0.39 is 5.97 Å². The van der Waals surface area contributed by atoms with E-state index in [0.717, 1.165) is 27.6 Å². The number of aliphatic carboxylic acids is 1. The fourth-order valence-electron chi connectivity index (χ4n) is 3.81. The van der Waals surface area contributed by atoms with Gasteiger partial charge in [-0.15, -0.1) is 11.3 Å². The molecule has 4 aromatic rings. The van der Waals surface area contributed by atoms with E-state index in [-0.39, 0.29) is 18.9 Å². The third kappa shape index (κ3) is 6.96. The van der Waals surface area contributed by atoms with Crippen LogP contribution in [0.2, 0.25) is 5.02 Å². The van der Waals surface area contributed by atoms with Crippen LogP contribution in [0.5, 0.6) is 0 Å². The highest BCUT2D eigenvalue weighted by Gasteiger charge is 2.16. The smallest absolute Gasteiger partial charge is 0.305 e. The van der Waals surface area contributed by atoms with Crippen molar-refractivity contribution in [2.45, 2.75) is 32.7 Å². The van der Waals surface area contributed by atoms with Gasteiger partial charge in [0.05, 0.1) is 18.7 Å². The summed E-state index contributed by atoms with van der Waals surface area (Å²) in [6.07, 6.45) is -0.112. The van der Waals surface area contributed by atoms with Crippen molar-refractivity contribution >= 4 is 45.6 Å². The predicted molar refractivity (Wildman–Crippen MR) is 150 cm³/mol. The zero-order valence-electron chi connectivity index (χ0n) is 20.6. The van der Waals surface area contributed by atoms with E-state index in [0.29, 0.717) is 23.0 Å². The number of aromatic nitrogens is 1. The molecule has 1 amide bonds. The number of carbonyl (C=O) groups excluding carboxylic acids is 1. The molecule has 1 aromatic heterocycles. The summed E-state index contributed by atoms with van der Waals surface area (Å²) in [5, 5.41) is 14.9. The molecular formula is C29H28ClN3O3S. The number of benzene rings is 3. The van der Waals surface area contributed by atoms with Gasteiger partial charge in [0.2, 0.25) is 0 Å². The number of carboxylic acids is 1. The van der Waals surface area contributed by atoms with Gasteiger partial charge in [-0.25, -0.2) is 4.98 Å². The first-order valence-electron chi connectivity index (χ1n) is 12.0. The Labute approximate surface area is 225 Å². The summed E-state index contributed by atoms with van der Waals surface area (Å²) in [6, 6.07) is 23.5. The normalized spacial score (nSPS) is 10.9. The Bertz CT molecular complexity index is 1370. The zero-order valence-corrected chi connectivity index (χ0v) is 22.2. The number of hydrogen-bond acceptors (Lipinski definition) is 5. The Morgan fingerprint density at radius 1 is 1.05 bits per heavy atom. The number of hydrogen-bond donors (Lipinski definition) is 2. The summed E-state index contributed by atoms with van der Waals surface area (Å²) < 4.78 is 0. The Hall–Kier alpha value is -3.68. The number of rotatable bonds is 10. The highest BCUT2D eigenvalue weighted by atomic mass is 35.5. The third-order valence-electron chi connectivity index (χ3n) is 5.90. The minimum Gasteiger partial charge on any atom is -0.481 e. The van der Waals surface area contributed by atoms with Crippen molar-refractivity contribution in [1.29, 1.82) is 0 Å². The summed E-state index contributed by atoms with van der Waals surface area (Å²) >= 11 is 7.76. The number of carbonyl (C=O) groups is 2. The quantitative estimate of drug-likeness (QED) is 0.226. The maximum absolute atomic E-state index is 12.3. The molecule has 2 N–H and O–H groups in total. The average molecular weight is 534 g/mol. The molecule has 0 fully saturated rings. The molecule has 0 aliphatic heterocycles. The number of carboxylic acid groups (broad SMARTS) is 1. The monoisotopic (exact) mass is 533 g/mol. The SMILES string of the molecule is CC(C)c1ccc(N(Cc2ccc(C(=O)NCCC(=O)O)cc2)c2nc(-c3cccc(Cl)c3)cs2)cc1. The molecule has 37 heavy (non-hydrogen) atoms. The minimum atomic E-state index is -0.946. The fraction of sp³-hybridized carbons (Fsp3) is 0.207. The van der Waals surface area contributed by atoms with Crippen LogP contribution in [0.25, 0.3) is 11.3 Å². The first-order chi connectivity index (χ1) is 17.8. The lowest BCUT2D eigenvalue weighted by atomic mass is 10.0. The average Bonchev–Trinajstić information content (AvgIpc) is 3.37. The lowest BCUT2D eigenvalue weighted by Gasteiger charge is -2.23. The van der Waals surface area contributed by atoms with Gasteiger partial charge in [0, 0.05) is 33.8 Å². The van der Waals surface area contributed by atoms with Gasteiger partial charge in [-0.05, 0) is 53.4 Å². The van der Waals surface area contributed by atoms with E-state index in [1.54, 1.807) is 23.5 Å². The van der Waals surface area contributed by atoms with Crippen molar-refractivity contribution in [3.05, 3.63) is 99.9 Å². The number of amides is 1. The predicted octanol–water partition coefficient (Wildman–Crippen LogP) is 7.13. The zero-order chi connectivity index (χ0) is 26.4. The van der Waals surface area contributed by atoms with Gasteiger partial charge in [0.15, 0.2) is 5.13 Å². The molecule has 0 spiro atoms. The Kier molecular flexibility index (Phi) is 8.58. The molecule has 8 heteroatoms. The summed E-state index contributed by atoms with van der Waals surface area (Å²) in [5.74, 6) is -0.802. The van der Waals surface area contributed by atoms with Crippen molar-refractivity contribution < 1.29 is 14.7 Å². The van der Waals surface area contributed by atoms with Gasteiger partial charge in [-0.1, -0.05) is 61.8 Å². The number of thiazole rings is 1. The summed E-state index contributed by atoms with van der Waals surface area (Å²) in [4.78, 5) is 30.1. The van der Waals surface area contributed by atoms with E-state index >= 15 is 0 Å². The van der Waals surface area contributed by atoms with Gasteiger partial charge in [-0.2, -0.15) is 0 Å². The minimum absolute atomic E-state index is 0.0923. The molecule has 0 saturated carbocycles. The highest BCUT2D eigenvalue weighted by molar-refractivity contribution is 7.14. The summed E-state index contributed by atoms with van der Waals surface area (Å²) in [6.45, 7) is 4.99. The van der Waals surface area contributed by atoms with E-state index in [1.165, 1.54) is 5.56 Å². The topological polar surface area (TPSA) is 82.5 Å². The van der Waals surface area contributed by atoms with E-state index in [4.69, 9.17) is 21.7 Å². The highest BCUT2D eigenvalue weighted by Crippen LogP contribution is 2.34. The standard InChI is InChI=1S/C29H28ClN3O3S/c1-19(2)21-10-12-25(13-11-21)33(29-32-26(18-37-29)23-4-3-5-24(30)16-23)17-20-6-8-22(9-7-20)28(36)31-15-14-27(34)35/h3-13,16,18-19H,14-15,17H2,1-2H3,(H,31,36)(H,34,35). The van der Waals surface area contributed by atoms with Crippen molar-refractivity contribution in [3.63, 3.8) is 0 Å². The van der Waals surface area contributed by atoms with Gasteiger partial charge < -0.3 is 15.3 Å². The summed E-state index contributed by atoms with van der Waals surface area (Å²) in [7, 11) is 0. The molecule has 3 aromatic carbocycles. The van der Waals surface area contributed by atoms with Crippen LogP contribution in [0.4, 0.5) is 10.8 Å². The van der Waals surface area contributed by atoms with Crippen LogP contribution in [0.3, 0.4) is 0 Å². The van der Waals surface area contributed by atoms with Gasteiger partial charge >= 0.3 is 5.97 Å². The lowest BCUT2D eigenvalue weighted by molar-refractivity contribution is -0.136. The first-order valence-corrected chi connectivity index (χ1v) is 13.2. The van der Waals surface area contributed by atoms with E-state index in [2.05, 4.69) is 48.3 Å². The lowest BCUT2D eigenvalue weighted by Crippen LogP contribution is -2.26. The van der Waals surface area contributed by atoms with E-state index in [1.807, 2.05) is 41.8 Å². The second-order valence-electron chi connectivity index (χ2n) is 8.95. The molecule has 6 nitrogen and oxygen atoms in total. The second kappa shape index (κ2) is 12.0. The van der Waals surface area contributed by atoms with Crippen LogP contribution in [0.1, 0.15) is 47.7 Å². The van der Waals surface area contributed by atoms with Gasteiger partial charge in [-0.3, -0.25) is 9.59 Å². The molecule has 0 saturated heterocycles. The molecule has 190 valence electrons. The van der Waals surface area contributed by atoms with Crippen LogP contribution in [-0.2, 0) is 11.3 Å². The molecule has 1 heterocycles. The first kappa shape index (κ1) is 26.4. The second-order valence-corrected chi connectivity index (χ2v) is 10.2. The van der Waals surface area contributed by atoms with Gasteiger partial charge in [0.25, 0.3) is 5.91 Å².